The quantitative estimate of drug-likeness (QED) is 0.919. The van der Waals surface area contributed by atoms with E-state index in [0.717, 1.165) is 19.6 Å². The molecule has 1 aromatic carbocycles. The van der Waals surface area contributed by atoms with Crippen LogP contribution in [0.5, 0.6) is 0 Å². The number of hydrogen-bond donors (Lipinski definition) is 1. The summed E-state index contributed by atoms with van der Waals surface area (Å²) in [7, 11) is 2.23. The third-order valence-electron chi connectivity index (χ3n) is 4.29. The van der Waals surface area contributed by atoms with Crippen molar-refractivity contribution in [2.24, 2.45) is 0 Å². The molecule has 0 saturated carbocycles. The van der Waals surface area contributed by atoms with Crippen molar-refractivity contribution in [1.82, 2.24) is 10.2 Å². The number of benzene rings is 1. The van der Waals surface area contributed by atoms with Crippen molar-refractivity contribution in [1.29, 1.82) is 0 Å². The van der Waals surface area contributed by atoms with E-state index in [0.29, 0.717) is 12.1 Å². The molecule has 1 unspecified atom stereocenters. The molecule has 1 saturated heterocycles. The highest BCUT2D eigenvalue weighted by atomic mass is 15.2. The lowest BCUT2D eigenvalue weighted by atomic mass is 10.1. The van der Waals surface area contributed by atoms with E-state index >= 15 is 0 Å². The van der Waals surface area contributed by atoms with Gasteiger partial charge >= 0.3 is 0 Å². The lowest BCUT2D eigenvalue weighted by Gasteiger charge is -2.32. The first-order chi connectivity index (χ1) is 9.97. The molecule has 1 aromatic rings. The highest BCUT2D eigenvalue weighted by molar-refractivity contribution is 5.56. The third kappa shape index (κ3) is 4.45. The molecular weight excluding hydrogens is 258 g/mol. The van der Waals surface area contributed by atoms with Gasteiger partial charge in [-0.2, -0.15) is 0 Å². The molecule has 2 rings (SSSR count). The highest BCUT2D eigenvalue weighted by Crippen LogP contribution is 2.26. The van der Waals surface area contributed by atoms with E-state index < -0.39 is 0 Å². The van der Waals surface area contributed by atoms with E-state index in [1.165, 1.54) is 29.8 Å². The van der Waals surface area contributed by atoms with Gasteiger partial charge in [-0.15, -0.1) is 0 Å². The highest BCUT2D eigenvalue weighted by Gasteiger charge is 2.21. The molecule has 1 heterocycles. The van der Waals surface area contributed by atoms with E-state index in [-0.39, 0.29) is 0 Å². The van der Waals surface area contributed by atoms with Crippen LogP contribution in [0.3, 0.4) is 0 Å². The molecule has 0 radical (unpaired) electrons. The first kappa shape index (κ1) is 16.3. The van der Waals surface area contributed by atoms with Crippen LogP contribution in [0.1, 0.15) is 38.3 Å². The number of rotatable bonds is 4. The average molecular weight is 289 g/mol. The van der Waals surface area contributed by atoms with Crippen molar-refractivity contribution in [3.05, 3.63) is 29.3 Å². The Morgan fingerprint density at radius 3 is 2.76 bits per heavy atom. The maximum Gasteiger partial charge on any atom is 0.0414 e. The fourth-order valence-electron chi connectivity index (χ4n) is 3.18. The molecule has 118 valence electrons. The van der Waals surface area contributed by atoms with Crippen LogP contribution in [0, 0.1) is 6.92 Å². The Morgan fingerprint density at radius 1 is 1.29 bits per heavy atom. The summed E-state index contributed by atoms with van der Waals surface area (Å²) in [4.78, 5) is 5.05. The fraction of sp³-hybridized carbons (Fsp3) is 0.667. The summed E-state index contributed by atoms with van der Waals surface area (Å²) in [6.07, 6.45) is 1.24. The minimum absolute atomic E-state index is 0.519. The van der Waals surface area contributed by atoms with Gasteiger partial charge in [0.25, 0.3) is 0 Å². The molecule has 0 amide bonds. The summed E-state index contributed by atoms with van der Waals surface area (Å²) >= 11 is 0. The van der Waals surface area contributed by atoms with Crippen molar-refractivity contribution >= 4 is 5.69 Å². The topological polar surface area (TPSA) is 18.5 Å². The zero-order valence-electron chi connectivity index (χ0n) is 14.3. The molecule has 0 aliphatic carbocycles. The zero-order valence-corrected chi connectivity index (χ0v) is 14.3. The van der Waals surface area contributed by atoms with E-state index in [1.54, 1.807) is 0 Å². The van der Waals surface area contributed by atoms with E-state index in [1.807, 2.05) is 0 Å². The minimum atomic E-state index is 0.519. The SMILES string of the molecule is Cc1ccc(N2CCCN(C)CC2C)c(CNC(C)C)c1. The molecule has 0 bridgehead atoms. The standard InChI is InChI=1S/C18H31N3/c1-14(2)19-12-17-11-15(3)7-8-18(17)21-10-6-9-20(5)13-16(21)4/h7-8,11,14,16,19H,6,9-10,12-13H2,1-5H3. The smallest absolute Gasteiger partial charge is 0.0414 e. The average Bonchev–Trinajstić information content (AvgIpc) is 2.57. The van der Waals surface area contributed by atoms with Crippen molar-refractivity contribution in [3.8, 4) is 0 Å². The lowest BCUT2D eigenvalue weighted by Crippen LogP contribution is -2.38. The van der Waals surface area contributed by atoms with Crippen LogP contribution < -0.4 is 10.2 Å². The van der Waals surface area contributed by atoms with Crippen LogP contribution in [-0.4, -0.2) is 43.7 Å². The van der Waals surface area contributed by atoms with Crippen molar-refractivity contribution < 1.29 is 0 Å². The number of likely N-dealkylation sites (N-methyl/N-ethyl adjacent to an activating group) is 1. The monoisotopic (exact) mass is 289 g/mol. The van der Waals surface area contributed by atoms with Crippen molar-refractivity contribution in [2.45, 2.75) is 52.7 Å². The largest absolute Gasteiger partial charge is 0.367 e. The number of nitrogens with zero attached hydrogens (tertiary/aromatic N) is 2. The van der Waals surface area contributed by atoms with Gasteiger partial charge in [0.05, 0.1) is 0 Å². The van der Waals surface area contributed by atoms with Crippen LogP contribution >= 0.6 is 0 Å². The Bertz CT molecular complexity index is 456. The Labute approximate surface area is 130 Å². The van der Waals surface area contributed by atoms with Gasteiger partial charge < -0.3 is 15.1 Å². The molecule has 1 fully saturated rings. The molecule has 1 aliphatic rings. The summed E-state index contributed by atoms with van der Waals surface area (Å²) in [6.45, 7) is 13.4. The Hall–Kier alpha value is -1.06. The van der Waals surface area contributed by atoms with Crippen molar-refractivity contribution in [2.75, 3.05) is 31.6 Å². The van der Waals surface area contributed by atoms with Crippen LogP contribution in [0.4, 0.5) is 5.69 Å². The van der Waals surface area contributed by atoms with Gasteiger partial charge in [0.1, 0.15) is 0 Å². The van der Waals surface area contributed by atoms with Gasteiger partial charge in [0.2, 0.25) is 0 Å². The van der Waals surface area contributed by atoms with E-state index in [4.69, 9.17) is 0 Å². The van der Waals surface area contributed by atoms with Crippen LogP contribution in [0.15, 0.2) is 18.2 Å². The second-order valence-electron chi connectivity index (χ2n) is 6.83. The number of anilines is 1. The predicted octanol–water partition coefficient (Wildman–Crippen LogP) is 3.02. The molecule has 1 atom stereocenters. The molecule has 21 heavy (non-hydrogen) atoms. The Morgan fingerprint density at radius 2 is 2.05 bits per heavy atom. The van der Waals surface area contributed by atoms with Gasteiger partial charge in [-0.25, -0.2) is 0 Å². The van der Waals surface area contributed by atoms with Crippen LogP contribution in [0.25, 0.3) is 0 Å². The summed E-state index contributed by atoms with van der Waals surface area (Å²) in [6, 6.07) is 7.99. The van der Waals surface area contributed by atoms with Gasteiger partial charge in [-0.3, -0.25) is 0 Å². The van der Waals surface area contributed by atoms with Gasteiger partial charge in [0, 0.05) is 37.4 Å². The molecule has 1 aliphatic heterocycles. The number of hydrogen-bond acceptors (Lipinski definition) is 3. The molecular formula is C18H31N3. The summed E-state index contributed by atoms with van der Waals surface area (Å²) in [5, 5.41) is 3.57. The van der Waals surface area contributed by atoms with Crippen LogP contribution in [0.2, 0.25) is 0 Å². The molecule has 0 aromatic heterocycles. The Kier molecular flexibility index (Phi) is 5.65. The maximum atomic E-state index is 3.57. The van der Waals surface area contributed by atoms with Gasteiger partial charge in [-0.05, 0) is 45.5 Å². The summed E-state index contributed by atoms with van der Waals surface area (Å²) in [5.74, 6) is 0. The summed E-state index contributed by atoms with van der Waals surface area (Å²) in [5.41, 5.74) is 4.19. The fourth-order valence-corrected chi connectivity index (χ4v) is 3.18. The van der Waals surface area contributed by atoms with Gasteiger partial charge in [-0.1, -0.05) is 31.5 Å². The summed E-state index contributed by atoms with van der Waals surface area (Å²) < 4.78 is 0. The second kappa shape index (κ2) is 7.28. The lowest BCUT2D eigenvalue weighted by molar-refractivity contribution is 0.337. The number of aryl methyl sites for hydroxylation is 1. The maximum absolute atomic E-state index is 3.57. The number of nitrogens with one attached hydrogen (secondary N) is 1. The normalized spacial score (nSPS) is 20.9. The first-order valence-electron chi connectivity index (χ1n) is 8.25. The molecule has 3 heteroatoms. The van der Waals surface area contributed by atoms with E-state index in [2.05, 4.69) is 68.1 Å². The Balaban J connectivity index is 2.24. The van der Waals surface area contributed by atoms with E-state index in [9.17, 15) is 0 Å². The molecule has 3 nitrogen and oxygen atoms in total. The second-order valence-corrected chi connectivity index (χ2v) is 6.83. The van der Waals surface area contributed by atoms with Crippen molar-refractivity contribution in [3.63, 3.8) is 0 Å². The first-order valence-corrected chi connectivity index (χ1v) is 8.25. The molecule has 1 N–H and O–H groups in total. The third-order valence-corrected chi connectivity index (χ3v) is 4.29. The molecule has 0 spiro atoms. The van der Waals surface area contributed by atoms with Crippen LogP contribution in [-0.2, 0) is 6.54 Å². The predicted molar refractivity (Wildman–Crippen MR) is 92.1 cm³/mol. The minimum Gasteiger partial charge on any atom is -0.367 e. The van der Waals surface area contributed by atoms with Gasteiger partial charge in [0.15, 0.2) is 0 Å². The zero-order chi connectivity index (χ0) is 15.4.